The number of nitrogens with one attached hydrogen (secondary N) is 1. The van der Waals surface area contributed by atoms with Crippen molar-refractivity contribution in [3.63, 3.8) is 0 Å². The summed E-state index contributed by atoms with van der Waals surface area (Å²) in [6.45, 7) is 5.41. The number of para-hydroxylation sites is 1. The van der Waals surface area contributed by atoms with E-state index in [0.717, 1.165) is 28.6 Å². The fourth-order valence-corrected chi connectivity index (χ4v) is 3.39. The van der Waals surface area contributed by atoms with Crippen LogP contribution in [-0.4, -0.2) is 25.7 Å². The SMILES string of the molecule is CC1CNCCN1c1c(Br)cccc1Br. The number of benzene rings is 1. The number of rotatable bonds is 1. The highest BCUT2D eigenvalue weighted by molar-refractivity contribution is 9.11. The molecular weight excluding hydrogens is 320 g/mol. The van der Waals surface area contributed by atoms with Crippen LogP contribution in [0.15, 0.2) is 27.1 Å². The Kier molecular flexibility index (Phi) is 3.69. The number of nitrogens with zero attached hydrogens (tertiary/aromatic N) is 1. The van der Waals surface area contributed by atoms with Gasteiger partial charge in [-0.1, -0.05) is 6.07 Å². The van der Waals surface area contributed by atoms with Gasteiger partial charge in [0.25, 0.3) is 0 Å². The smallest absolute Gasteiger partial charge is 0.0658 e. The lowest BCUT2D eigenvalue weighted by Crippen LogP contribution is -2.50. The molecule has 1 fully saturated rings. The number of halogens is 2. The number of hydrogen-bond donors (Lipinski definition) is 1. The molecule has 1 N–H and O–H groups in total. The van der Waals surface area contributed by atoms with Crippen LogP contribution in [0.5, 0.6) is 0 Å². The summed E-state index contributed by atoms with van der Waals surface area (Å²) in [5.41, 5.74) is 1.27. The van der Waals surface area contributed by atoms with Crippen molar-refractivity contribution in [2.24, 2.45) is 0 Å². The molecule has 0 aromatic heterocycles. The second kappa shape index (κ2) is 4.85. The zero-order chi connectivity index (χ0) is 10.8. The summed E-state index contributed by atoms with van der Waals surface area (Å²) >= 11 is 7.24. The van der Waals surface area contributed by atoms with E-state index in [1.807, 2.05) is 6.07 Å². The van der Waals surface area contributed by atoms with E-state index in [2.05, 4.69) is 61.1 Å². The highest BCUT2D eigenvalue weighted by Gasteiger charge is 2.21. The summed E-state index contributed by atoms with van der Waals surface area (Å²) in [7, 11) is 0. The van der Waals surface area contributed by atoms with Crippen molar-refractivity contribution in [1.29, 1.82) is 0 Å². The van der Waals surface area contributed by atoms with Crippen molar-refractivity contribution in [3.05, 3.63) is 27.1 Å². The van der Waals surface area contributed by atoms with Crippen LogP contribution in [0.3, 0.4) is 0 Å². The second-order valence-corrected chi connectivity index (χ2v) is 5.53. The molecule has 0 radical (unpaired) electrons. The van der Waals surface area contributed by atoms with Gasteiger partial charge in [-0.2, -0.15) is 0 Å². The fourth-order valence-electron chi connectivity index (χ4n) is 1.94. The van der Waals surface area contributed by atoms with E-state index >= 15 is 0 Å². The van der Waals surface area contributed by atoms with Crippen LogP contribution >= 0.6 is 31.9 Å². The van der Waals surface area contributed by atoms with Gasteiger partial charge in [0.15, 0.2) is 0 Å². The van der Waals surface area contributed by atoms with Gasteiger partial charge in [0, 0.05) is 34.6 Å². The molecule has 15 heavy (non-hydrogen) atoms. The highest BCUT2D eigenvalue weighted by Crippen LogP contribution is 2.35. The maximum atomic E-state index is 3.62. The molecule has 1 unspecified atom stereocenters. The molecule has 0 bridgehead atoms. The van der Waals surface area contributed by atoms with Crippen molar-refractivity contribution in [2.75, 3.05) is 24.5 Å². The summed E-state index contributed by atoms with van der Waals surface area (Å²) in [5, 5.41) is 3.40. The minimum atomic E-state index is 0.536. The average Bonchev–Trinajstić information content (AvgIpc) is 2.20. The van der Waals surface area contributed by atoms with Gasteiger partial charge in [0.05, 0.1) is 5.69 Å². The molecule has 1 heterocycles. The largest absolute Gasteiger partial charge is 0.364 e. The third-order valence-corrected chi connectivity index (χ3v) is 4.01. The van der Waals surface area contributed by atoms with Crippen LogP contribution in [0.1, 0.15) is 6.92 Å². The van der Waals surface area contributed by atoms with Gasteiger partial charge < -0.3 is 10.2 Å². The fraction of sp³-hybridized carbons (Fsp3) is 0.455. The summed E-state index contributed by atoms with van der Waals surface area (Å²) < 4.78 is 2.32. The molecule has 1 saturated heterocycles. The Morgan fingerprint density at radius 3 is 2.60 bits per heavy atom. The molecule has 1 aliphatic heterocycles. The Morgan fingerprint density at radius 2 is 2.00 bits per heavy atom. The first kappa shape index (κ1) is 11.4. The minimum Gasteiger partial charge on any atom is -0.364 e. The number of hydrogen-bond acceptors (Lipinski definition) is 2. The molecular formula is C11H14Br2N2. The normalized spacial score (nSPS) is 21.8. The minimum absolute atomic E-state index is 0.536. The van der Waals surface area contributed by atoms with E-state index in [1.165, 1.54) is 5.69 Å². The first-order valence-electron chi connectivity index (χ1n) is 5.11. The highest BCUT2D eigenvalue weighted by atomic mass is 79.9. The van der Waals surface area contributed by atoms with Crippen LogP contribution in [-0.2, 0) is 0 Å². The molecule has 0 amide bonds. The molecule has 2 rings (SSSR count). The Balaban J connectivity index is 2.35. The lowest BCUT2D eigenvalue weighted by atomic mass is 10.2. The molecule has 1 aromatic rings. The predicted molar refractivity (Wildman–Crippen MR) is 71.5 cm³/mol. The zero-order valence-corrected chi connectivity index (χ0v) is 11.8. The van der Waals surface area contributed by atoms with Gasteiger partial charge in [-0.05, 0) is 50.9 Å². The van der Waals surface area contributed by atoms with Crippen LogP contribution < -0.4 is 10.2 Å². The van der Waals surface area contributed by atoms with Crippen LogP contribution in [0.25, 0.3) is 0 Å². The quantitative estimate of drug-likeness (QED) is 0.849. The summed E-state index contributed by atoms with van der Waals surface area (Å²) in [6, 6.07) is 6.77. The average molecular weight is 334 g/mol. The third kappa shape index (κ3) is 2.37. The van der Waals surface area contributed by atoms with Crippen LogP contribution in [0.2, 0.25) is 0 Å². The van der Waals surface area contributed by atoms with Gasteiger partial charge in [0.1, 0.15) is 0 Å². The van der Waals surface area contributed by atoms with Crippen molar-refractivity contribution in [1.82, 2.24) is 5.32 Å². The van der Waals surface area contributed by atoms with E-state index in [0.29, 0.717) is 6.04 Å². The molecule has 0 spiro atoms. The molecule has 1 aliphatic rings. The monoisotopic (exact) mass is 332 g/mol. The Bertz CT molecular complexity index is 334. The summed E-state index contributed by atoms with van der Waals surface area (Å²) in [6.07, 6.45) is 0. The Labute approximate surface area is 107 Å². The summed E-state index contributed by atoms with van der Waals surface area (Å²) in [5.74, 6) is 0. The van der Waals surface area contributed by atoms with Gasteiger partial charge in [0.2, 0.25) is 0 Å². The Hall–Kier alpha value is -0.0600. The van der Waals surface area contributed by atoms with E-state index < -0.39 is 0 Å². The van der Waals surface area contributed by atoms with Gasteiger partial charge in [-0.15, -0.1) is 0 Å². The lowest BCUT2D eigenvalue weighted by Gasteiger charge is -2.37. The van der Waals surface area contributed by atoms with Crippen molar-refractivity contribution < 1.29 is 0 Å². The maximum absolute atomic E-state index is 3.62. The molecule has 0 saturated carbocycles. The van der Waals surface area contributed by atoms with Crippen molar-refractivity contribution in [2.45, 2.75) is 13.0 Å². The zero-order valence-electron chi connectivity index (χ0n) is 8.63. The van der Waals surface area contributed by atoms with Crippen LogP contribution in [0, 0.1) is 0 Å². The van der Waals surface area contributed by atoms with Crippen molar-refractivity contribution >= 4 is 37.5 Å². The van der Waals surface area contributed by atoms with E-state index in [4.69, 9.17) is 0 Å². The standard InChI is InChI=1S/C11H14Br2N2/c1-8-7-14-5-6-15(8)11-9(12)3-2-4-10(11)13/h2-4,8,14H,5-7H2,1H3. The Morgan fingerprint density at radius 1 is 1.33 bits per heavy atom. The number of piperazine rings is 1. The summed E-state index contributed by atoms with van der Waals surface area (Å²) in [4.78, 5) is 2.44. The lowest BCUT2D eigenvalue weighted by molar-refractivity contribution is 0.500. The molecule has 4 heteroatoms. The van der Waals surface area contributed by atoms with E-state index in [1.54, 1.807) is 0 Å². The maximum Gasteiger partial charge on any atom is 0.0658 e. The van der Waals surface area contributed by atoms with Crippen molar-refractivity contribution in [3.8, 4) is 0 Å². The molecule has 82 valence electrons. The van der Waals surface area contributed by atoms with E-state index in [-0.39, 0.29) is 0 Å². The topological polar surface area (TPSA) is 15.3 Å². The van der Waals surface area contributed by atoms with Gasteiger partial charge in [-0.25, -0.2) is 0 Å². The van der Waals surface area contributed by atoms with Crippen LogP contribution in [0.4, 0.5) is 5.69 Å². The van der Waals surface area contributed by atoms with Gasteiger partial charge in [-0.3, -0.25) is 0 Å². The first-order chi connectivity index (χ1) is 7.20. The van der Waals surface area contributed by atoms with E-state index in [9.17, 15) is 0 Å². The third-order valence-electron chi connectivity index (χ3n) is 2.73. The number of anilines is 1. The first-order valence-corrected chi connectivity index (χ1v) is 6.70. The predicted octanol–water partition coefficient (Wildman–Crippen LogP) is 3.01. The molecule has 0 aliphatic carbocycles. The molecule has 1 aromatic carbocycles. The molecule has 2 nitrogen and oxygen atoms in total. The molecule has 1 atom stereocenters. The second-order valence-electron chi connectivity index (χ2n) is 3.82. The van der Waals surface area contributed by atoms with Gasteiger partial charge >= 0.3 is 0 Å².